The fourth-order valence-corrected chi connectivity index (χ4v) is 3.03. The first-order chi connectivity index (χ1) is 9.90. The summed E-state index contributed by atoms with van der Waals surface area (Å²) in [5, 5.41) is 0. The molecular formula is C17H26N2O2. The second kappa shape index (κ2) is 6.16. The maximum atomic E-state index is 12.5. The molecule has 0 amide bonds. The Balaban J connectivity index is 2.30. The van der Waals surface area contributed by atoms with Crippen molar-refractivity contribution in [2.24, 2.45) is 5.73 Å². The van der Waals surface area contributed by atoms with Crippen LogP contribution in [-0.2, 0) is 15.1 Å². The second-order valence-corrected chi connectivity index (χ2v) is 6.40. The standard InChI is InChI=1S/C17H26N2O2/c1-4-21-15(20)17(18,14-9-6-5-7-10-14)13-19-12-8-11-16(19,2)3/h5-7,9-10H,4,8,11-13,18H2,1-3H3. The number of hydrogen-bond acceptors (Lipinski definition) is 4. The SMILES string of the molecule is CCOC(=O)C(N)(CN1CCCC1(C)C)c1ccccc1. The fraction of sp³-hybridized carbons (Fsp3) is 0.588. The third-order valence-electron chi connectivity index (χ3n) is 4.44. The monoisotopic (exact) mass is 290 g/mol. The van der Waals surface area contributed by atoms with Gasteiger partial charge in [-0.25, -0.2) is 4.79 Å². The molecule has 1 aromatic rings. The van der Waals surface area contributed by atoms with E-state index in [2.05, 4.69) is 18.7 Å². The van der Waals surface area contributed by atoms with Gasteiger partial charge in [0.05, 0.1) is 6.61 Å². The number of rotatable bonds is 5. The molecule has 2 N–H and O–H groups in total. The van der Waals surface area contributed by atoms with E-state index >= 15 is 0 Å². The number of benzene rings is 1. The zero-order chi connectivity index (χ0) is 15.5. The van der Waals surface area contributed by atoms with E-state index in [1.165, 1.54) is 0 Å². The summed E-state index contributed by atoms with van der Waals surface area (Å²) in [6.07, 6.45) is 2.27. The summed E-state index contributed by atoms with van der Waals surface area (Å²) in [6, 6.07) is 9.55. The lowest BCUT2D eigenvalue weighted by Crippen LogP contribution is -2.56. The Labute approximate surface area is 127 Å². The predicted octanol–water partition coefficient (Wildman–Crippen LogP) is 2.28. The Kier molecular flexibility index (Phi) is 4.69. The smallest absolute Gasteiger partial charge is 0.332 e. The lowest BCUT2D eigenvalue weighted by molar-refractivity contribution is -0.151. The number of hydrogen-bond donors (Lipinski definition) is 1. The topological polar surface area (TPSA) is 55.6 Å². The van der Waals surface area contributed by atoms with Crippen molar-refractivity contribution >= 4 is 5.97 Å². The van der Waals surface area contributed by atoms with Crippen LogP contribution in [0.4, 0.5) is 0 Å². The van der Waals surface area contributed by atoms with Gasteiger partial charge in [0.15, 0.2) is 5.54 Å². The lowest BCUT2D eigenvalue weighted by atomic mass is 9.89. The minimum absolute atomic E-state index is 0.0753. The van der Waals surface area contributed by atoms with Gasteiger partial charge in [-0.1, -0.05) is 30.3 Å². The van der Waals surface area contributed by atoms with E-state index in [-0.39, 0.29) is 11.5 Å². The fourth-order valence-electron chi connectivity index (χ4n) is 3.03. The van der Waals surface area contributed by atoms with Gasteiger partial charge in [-0.15, -0.1) is 0 Å². The van der Waals surface area contributed by atoms with Gasteiger partial charge in [-0.3, -0.25) is 4.90 Å². The normalized spacial score (nSPS) is 21.0. The Morgan fingerprint density at radius 3 is 2.57 bits per heavy atom. The minimum atomic E-state index is -1.11. The number of esters is 1. The van der Waals surface area contributed by atoms with Crippen molar-refractivity contribution in [1.82, 2.24) is 4.90 Å². The minimum Gasteiger partial charge on any atom is -0.464 e. The Hall–Kier alpha value is -1.39. The molecule has 1 fully saturated rings. The first kappa shape index (κ1) is 16.0. The highest BCUT2D eigenvalue weighted by atomic mass is 16.5. The highest BCUT2D eigenvalue weighted by molar-refractivity contribution is 5.82. The van der Waals surface area contributed by atoms with Gasteiger partial charge in [-0.2, -0.15) is 0 Å². The van der Waals surface area contributed by atoms with Crippen LogP contribution in [0.2, 0.25) is 0 Å². The summed E-state index contributed by atoms with van der Waals surface area (Å²) in [6.45, 7) is 8.02. The van der Waals surface area contributed by atoms with Gasteiger partial charge >= 0.3 is 5.97 Å². The van der Waals surface area contributed by atoms with Gasteiger partial charge in [0.1, 0.15) is 0 Å². The molecule has 116 valence electrons. The van der Waals surface area contributed by atoms with Crippen molar-refractivity contribution in [3.63, 3.8) is 0 Å². The number of carbonyl (C=O) groups excluding carboxylic acids is 1. The van der Waals surface area contributed by atoms with Crippen molar-refractivity contribution in [1.29, 1.82) is 0 Å². The molecule has 4 heteroatoms. The number of ether oxygens (including phenoxy) is 1. The van der Waals surface area contributed by atoms with Gasteiger partial charge in [0.25, 0.3) is 0 Å². The van der Waals surface area contributed by atoms with Gasteiger partial charge in [-0.05, 0) is 45.7 Å². The first-order valence-corrected chi connectivity index (χ1v) is 7.67. The molecule has 1 unspecified atom stereocenters. The van der Waals surface area contributed by atoms with E-state index in [4.69, 9.17) is 10.5 Å². The Morgan fingerprint density at radius 1 is 1.38 bits per heavy atom. The maximum Gasteiger partial charge on any atom is 0.332 e. The van der Waals surface area contributed by atoms with Crippen LogP contribution in [0.25, 0.3) is 0 Å². The van der Waals surface area contributed by atoms with Gasteiger partial charge < -0.3 is 10.5 Å². The molecule has 4 nitrogen and oxygen atoms in total. The highest BCUT2D eigenvalue weighted by Crippen LogP contribution is 2.32. The van der Waals surface area contributed by atoms with Crippen LogP contribution in [0.15, 0.2) is 30.3 Å². The molecule has 1 heterocycles. The summed E-state index contributed by atoms with van der Waals surface area (Å²) >= 11 is 0. The summed E-state index contributed by atoms with van der Waals surface area (Å²) in [5.74, 6) is -0.348. The third kappa shape index (κ3) is 3.27. The zero-order valence-corrected chi connectivity index (χ0v) is 13.3. The summed E-state index contributed by atoms with van der Waals surface area (Å²) in [4.78, 5) is 14.8. The third-order valence-corrected chi connectivity index (χ3v) is 4.44. The van der Waals surface area contributed by atoms with Crippen molar-refractivity contribution in [2.45, 2.75) is 44.7 Å². The zero-order valence-electron chi connectivity index (χ0n) is 13.3. The van der Waals surface area contributed by atoms with Crippen molar-refractivity contribution in [3.05, 3.63) is 35.9 Å². The van der Waals surface area contributed by atoms with E-state index < -0.39 is 5.54 Å². The second-order valence-electron chi connectivity index (χ2n) is 6.40. The Bertz CT molecular complexity index is 487. The predicted molar refractivity (Wildman–Crippen MR) is 83.8 cm³/mol. The quantitative estimate of drug-likeness (QED) is 0.845. The number of nitrogens with zero attached hydrogens (tertiary/aromatic N) is 1. The Morgan fingerprint density at radius 2 is 2.05 bits per heavy atom. The molecule has 0 bridgehead atoms. The molecule has 1 aliphatic rings. The van der Waals surface area contributed by atoms with Crippen LogP contribution in [0, 0.1) is 0 Å². The highest BCUT2D eigenvalue weighted by Gasteiger charge is 2.43. The molecule has 2 rings (SSSR count). The molecular weight excluding hydrogens is 264 g/mol. The van der Waals surface area contributed by atoms with Crippen LogP contribution < -0.4 is 5.73 Å². The van der Waals surface area contributed by atoms with Crippen LogP contribution in [0.3, 0.4) is 0 Å². The molecule has 1 atom stereocenters. The molecule has 1 saturated heterocycles. The lowest BCUT2D eigenvalue weighted by Gasteiger charge is -2.38. The number of carbonyl (C=O) groups is 1. The summed E-state index contributed by atoms with van der Waals surface area (Å²) < 4.78 is 5.25. The summed E-state index contributed by atoms with van der Waals surface area (Å²) in [5.41, 5.74) is 6.31. The molecule has 1 aliphatic heterocycles. The van der Waals surface area contributed by atoms with Crippen molar-refractivity contribution in [2.75, 3.05) is 19.7 Å². The molecule has 1 aromatic carbocycles. The van der Waals surface area contributed by atoms with E-state index in [1.807, 2.05) is 37.3 Å². The molecule has 0 saturated carbocycles. The van der Waals surface area contributed by atoms with Crippen LogP contribution in [0.5, 0.6) is 0 Å². The van der Waals surface area contributed by atoms with Crippen molar-refractivity contribution in [3.8, 4) is 0 Å². The molecule has 0 spiro atoms. The molecule has 0 aromatic heterocycles. The number of nitrogens with two attached hydrogens (primary N) is 1. The number of likely N-dealkylation sites (tertiary alicyclic amines) is 1. The van der Waals surface area contributed by atoms with Gasteiger partial charge in [0.2, 0.25) is 0 Å². The van der Waals surface area contributed by atoms with Crippen LogP contribution in [-0.4, -0.2) is 36.1 Å². The van der Waals surface area contributed by atoms with E-state index in [9.17, 15) is 4.79 Å². The van der Waals surface area contributed by atoms with E-state index in [0.29, 0.717) is 13.2 Å². The van der Waals surface area contributed by atoms with Gasteiger partial charge in [0, 0.05) is 12.1 Å². The average Bonchev–Trinajstić information content (AvgIpc) is 2.79. The molecule has 0 aliphatic carbocycles. The van der Waals surface area contributed by atoms with E-state index in [0.717, 1.165) is 24.9 Å². The van der Waals surface area contributed by atoms with Crippen LogP contribution in [0.1, 0.15) is 39.2 Å². The van der Waals surface area contributed by atoms with E-state index in [1.54, 1.807) is 0 Å². The summed E-state index contributed by atoms with van der Waals surface area (Å²) in [7, 11) is 0. The van der Waals surface area contributed by atoms with Crippen molar-refractivity contribution < 1.29 is 9.53 Å². The largest absolute Gasteiger partial charge is 0.464 e. The first-order valence-electron chi connectivity index (χ1n) is 7.67. The molecule has 21 heavy (non-hydrogen) atoms. The van der Waals surface area contributed by atoms with Crippen LogP contribution >= 0.6 is 0 Å². The maximum absolute atomic E-state index is 12.5. The molecule has 0 radical (unpaired) electrons. The average molecular weight is 290 g/mol.